The summed E-state index contributed by atoms with van der Waals surface area (Å²) in [6.07, 6.45) is 28.9. The lowest BCUT2D eigenvalue weighted by Crippen LogP contribution is -2.10. The van der Waals surface area contributed by atoms with Gasteiger partial charge in [-0.3, -0.25) is 0 Å². The van der Waals surface area contributed by atoms with Crippen molar-refractivity contribution in [3.63, 3.8) is 0 Å². The van der Waals surface area contributed by atoms with Gasteiger partial charge in [0.05, 0.1) is 26.4 Å². The van der Waals surface area contributed by atoms with Crippen LogP contribution in [0.4, 0.5) is 0 Å². The van der Waals surface area contributed by atoms with E-state index >= 15 is 0 Å². The summed E-state index contributed by atoms with van der Waals surface area (Å²) in [7, 11) is 0. The molecule has 0 atom stereocenters. The topological polar surface area (TPSA) is 112 Å². The number of carbonyl (C=O) groups is 2. The van der Waals surface area contributed by atoms with Crippen molar-refractivity contribution in [1.29, 1.82) is 0 Å². The average molecular weight is 1010 g/mol. The molecular formula is C66H92O8. The molecule has 0 spiro atoms. The highest BCUT2D eigenvalue weighted by Gasteiger charge is 2.24. The summed E-state index contributed by atoms with van der Waals surface area (Å²) in [5.74, 6) is 1.35. The fraction of sp³-hybridized carbons (Fsp3) is 0.545. The minimum atomic E-state index is -0.428. The van der Waals surface area contributed by atoms with E-state index < -0.39 is 11.9 Å². The van der Waals surface area contributed by atoms with Crippen LogP contribution in [0.3, 0.4) is 0 Å². The van der Waals surface area contributed by atoms with Crippen molar-refractivity contribution in [3.05, 3.63) is 141 Å². The zero-order chi connectivity index (χ0) is 52.9. The number of hydrogen-bond acceptors (Lipinski definition) is 8. The first kappa shape index (κ1) is 59.4. The van der Waals surface area contributed by atoms with Crippen LogP contribution >= 0.6 is 0 Å². The maximum Gasteiger partial charge on any atom is 0.330 e. The lowest BCUT2D eigenvalue weighted by molar-refractivity contribution is -0.138. The second-order valence-electron chi connectivity index (χ2n) is 20.8. The molecule has 0 unspecified atom stereocenters. The van der Waals surface area contributed by atoms with Gasteiger partial charge >= 0.3 is 11.9 Å². The maximum absolute atomic E-state index is 12.7. The van der Waals surface area contributed by atoms with Gasteiger partial charge < -0.3 is 29.2 Å². The van der Waals surface area contributed by atoms with Crippen molar-refractivity contribution in [2.45, 2.75) is 207 Å². The summed E-state index contributed by atoms with van der Waals surface area (Å²) >= 11 is 0. The van der Waals surface area contributed by atoms with E-state index in [1.165, 1.54) is 60.1 Å². The van der Waals surface area contributed by atoms with E-state index in [0.717, 1.165) is 159 Å². The minimum absolute atomic E-state index is 0.288. The molecule has 8 nitrogen and oxygen atoms in total. The van der Waals surface area contributed by atoms with Crippen molar-refractivity contribution >= 4 is 11.9 Å². The number of ether oxygens (including phenoxy) is 4. The summed E-state index contributed by atoms with van der Waals surface area (Å²) in [6.45, 7) is 17.5. The van der Waals surface area contributed by atoms with Crippen LogP contribution in [0.1, 0.15) is 223 Å². The molecule has 0 aromatic heterocycles. The quantitative estimate of drug-likeness (QED) is 0.0238. The number of rotatable bonds is 34. The molecule has 404 valence electrons. The summed E-state index contributed by atoms with van der Waals surface area (Å²) in [6, 6.07) is 18.1. The standard InChI is InChI=1S/C66H92O8/c1-7-13-17-21-29-49-37-53-45-57-41-51(31-23-19-15-9-3)43-59(65(57)73-35-27-25-33-71-61(67)11-5)47-55-39-50(30-22-18-14-8-2)40-56(64(55)70)48-60-44-52(32-24-20-16-10-4)42-58(46-54(38-49)63(53)69)66(60)74-36-28-26-34-72-62(68)12-6/h11-12,37-44,69-70H,5-10,13-36,45-48H2,1-4H3. The van der Waals surface area contributed by atoms with Gasteiger partial charge in [0.2, 0.25) is 0 Å². The Balaban J connectivity index is 1.75. The molecule has 0 saturated carbocycles. The van der Waals surface area contributed by atoms with E-state index in [1.54, 1.807) is 0 Å². The van der Waals surface area contributed by atoms with Crippen LogP contribution in [0, 0.1) is 0 Å². The van der Waals surface area contributed by atoms with E-state index in [1.807, 2.05) is 0 Å². The molecule has 4 aromatic carbocycles. The van der Waals surface area contributed by atoms with Crippen LogP contribution in [0.5, 0.6) is 23.0 Å². The van der Waals surface area contributed by atoms with Crippen molar-refractivity contribution in [1.82, 2.24) is 0 Å². The Hall–Kier alpha value is -5.50. The number of carbonyl (C=O) groups excluding carboxylic acids is 2. The first-order valence-electron chi connectivity index (χ1n) is 28.9. The summed E-state index contributed by atoms with van der Waals surface area (Å²) in [5, 5.41) is 25.4. The van der Waals surface area contributed by atoms with Crippen LogP contribution in [-0.2, 0) is 70.4 Å². The fourth-order valence-electron chi connectivity index (χ4n) is 10.4. The number of unbranched alkanes of at least 4 members (excludes halogenated alkanes) is 14. The molecule has 0 aliphatic heterocycles. The van der Waals surface area contributed by atoms with E-state index in [0.29, 0.717) is 76.1 Å². The highest BCUT2D eigenvalue weighted by Crippen LogP contribution is 2.41. The molecule has 0 heterocycles. The SMILES string of the molecule is C=CC(=O)OCCCCOc1c2cc(CCCCCC)cc1Cc1cc(CCCCCC)cc(c1O)Cc1cc(CCCCCC)cc(c1OCCCCOC(=O)C=C)Cc1cc(CCCCCC)cc(c1O)C2. The Labute approximate surface area is 446 Å². The highest BCUT2D eigenvalue weighted by atomic mass is 16.5. The predicted octanol–water partition coefficient (Wildman–Crippen LogP) is 16.0. The lowest BCUT2D eigenvalue weighted by atomic mass is 9.87. The molecule has 2 N–H and O–H groups in total. The van der Waals surface area contributed by atoms with Gasteiger partial charge in [-0.2, -0.15) is 0 Å². The minimum Gasteiger partial charge on any atom is -0.507 e. The Morgan fingerprint density at radius 3 is 0.905 bits per heavy atom. The van der Waals surface area contributed by atoms with Crippen molar-refractivity contribution in [3.8, 4) is 23.0 Å². The highest BCUT2D eigenvalue weighted by molar-refractivity contribution is 5.81. The molecular weight excluding hydrogens is 921 g/mol. The summed E-state index contributed by atoms with van der Waals surface area (Å²) in [5.41, 5.74) is 12.5. The van der Waals surface area contributed by atoms with Gasteiger partial charge in [-0.25, -0.2) is 9.59 Å². The van der Waals surface area contributed by atoms with E-state index in [9.17, 15) is 19.8 Å². The van der Waals surface area contributed by atoms with Crippen molar-refractivity contribution < 1.29 is 38.7 Å². The Morgan fingerprint density at radius 1 is 0.392 bits per heavy atom. The van der Waals surface area contributed by atoms with Gasteiger partial charge in [0.1, 0.15) is 23.0 Å². The summed E-state index contributed by atoms with van der Waals surface area (Å²) < 4.78 is 24.5. The third-order valence-electron chi connectivity index (χ3n) is 14.5. The van der Waals surface area contributed by atoms with Crippen LogP contribution in [0.15, 0.2) is 73.8 Å². The second kappa shape index (κ2) is 33.4. The lowest BCUT2D eigenvalue weighted by Gasteiger charge is -2.23. The average Bonchev–Trinajstić information content (AvgIpc) is 3.39. The molecule has 4 aromatic rings. The number of aromatic hydroxyl groups is 2. The predicted molar refractivity (Wildman–Crippen MR) is 303 cm³/mol. The number of fused-ring (bicyclic) bond motifs is 8. The third-order valence-corrected chi connectivity index (χ3v) is 14.5. The number of phenolic OH excluding ortho intramolecular Hbond substituents is 2. The van der Waals surface area contributed by atoms with Gasteiger partial charge in [0.25, 0.3) is 0 Å². The van der Waals surface area contributed by atoms with Gasteiger partial charge in [-0.1, -0.05) is 166 Å². The zero-order valence-electron chi connectivity index (χ0n) is 46.2. The van der Waals surface area contributed by atoms with Gasteiger partial charge in [-0.05, 0) is 144 Å². The Bertz CT molecular complexity index is 2110. The second-order valence-corrected chi connectivity index (χ2v) is 20.8. The maximum atomic E-state index is 12.7. The van der Waals surface area contributed by atoms with Crippen molar-refractivity contribution in [2.24, 2.45) is 0 Å². The molecule has 0 radical (unpaired) electrons. The smallest absolute Gasteiger partial charge is 0.330 e. The molecule has 1 aliphatic rings. The molecule has 0 saturated heterocycles. The van der Waals surface area contributed by atoms with Gasteiger partial charge in [0, 0.05) is 37.8 Å². The van der Waals surface area contributed by atoms with Crippen LogP contribution in [-0.4, -0.2) is 48.6 Å². The number of esters is 2. The third kappa shape index (κ3) is 19.6. The molecule has 0 fully saturated rings. The normalized spacial score (nSPS) is 12.1. The van der Waals surface area contributed by atoms with Gasteiger partial charge in [-0.15, -0.1) is 0 Å². The van der Waals surface area contributed by atoms with Gasteiger partial charge in [0.15, 0.2) is 0 Å². The van der Waals surface area contributed by atoms with E-state index in [-0.39, 0.29) is 13.2 Å². The van der Waals surface area contributed by atoms with Crippen LogP contribution in [0.25, 0.3) is 0 Å². The number of benzene rings is 4. The Morgan fingerprint density at radius 2 is 0.649 bits per heavy atom. The van der Waals surface area contributed by atoms with E-state index in [2.05, 4.69) is 89.4 Å². The number of phenols is 2. The molecule has 5 rings (SSSR count). The van der Waals surface area contributed by atoms with Crippen LogP contribution in [0.2, 0.25) is 0 Å². The van der Waals surface area contributed by atoms with Crippen LogP contribution < -0.4 is 9.47 Å². The number of hydrogen-bond donors (Lipinski definition) is 2. The summed E-state index contributed by atoms with van der Waals surface area (Å²) in [4.78, 5) is 23.7. The molecule has 8 heteroatoms. The van der Waals surface area contributed by atoms with Crippen molar-refractivity contribution in [2.75, 3.05) is 26.4 Å². The number of aryl methyl sites for hydroxylation is 4. The largest absolute Gasteiger partial charge is 0.507 e. The molecule has 74 heavy (non-hydrogen) atoms. The molecule has 0 amide bonds. The molecule has 8 bridgehead atoms. The monoisotopic (exact) mass is 1010 g/mol. The Kier molecular flexibility index (Phi) is 26.8. The first-order chi connectivity index (χ1) is 36.1. The molecule has 1 aliphatic carbocycles. The first-order valence-corrected chi connectivity index (χ1v) is 28.9. The fourth-order valence-corrected chi connectivity index (χ4v) is 10.4. The zero-order valence-corrected chi connectivity index (χ0v) is 46.2. The van der Waals surface area contributed by atoms with E-state index in [4.69, 9.17) is 18.9 Å².